The summed E-state index contributed by atoms with van der Waals surface area (Å²) in [5, 5.41) is 10.0. The molecule has 0 aromatic heterocycles. The smallest absolute Gasteiger partial charge is 0.309 e. The minimum atomic E-state index is -0.696. The van der Waals surface area contributed by atoms with Crippen molar-refractivity contribution in [2.24, 2.45) is 5.41 Å². The van der Waals surface area contributed by atoms with Crippen LogP contribution >= 0.6 is 0 Å². The number of rotatable bonds is 4. The lowest BCUT2D eigenvalue weighted by Gasteiger charge is -2.38. The Morgan fingerprint density at radius 2 is 1.56 bits per heavy atom. The van der Waals surface area contributed by atoms with Gasteiger partial charge in [0.15, 0.2) is 0 Å². The van der Waals surface area contributed by atoms with Crippen molar-refractivity contribution in [1.29, 1.82) is 0 Å². The molecule has 0 amide bonds. The van der Waals surface area contributed by atoms with Gasteiger partial charge in [-0.05, 0) is 82.9 Å². The number of esters is 1. The molecule has 176 valence electrons. The summed E-state index contributed by atoms with van der Waals surface area (Å²) < 4.78 is 32.8. The van der Waals surface area contributed by atoms with Gasteiger partial charge in [-0.15, -0.1) is 0 Å². The lowest BCUT2D eigenvalue weighted by Crippen LogP contribution is -2.31. The number of aliphatic hydroxyl groups excluding tert-OH is 1. The van der Waals surface area contributed by atoms with E-state index < -0.39 is 12.2 Å². The number of cyclic esters (lactones) is 1. The van der Waals surface area contributed by atoms with Crippen molar-refractivity contribution >= 4 is 17.1 Å². The van der Waals surface area contributed by atoms with Gasteiger partial charge in [-0.25, -0.2) is 8.78 Å². The first kappa shape index (κ1) is 22.7. The van der Waals surface area contributed by atoms with E-state index in [0.29, 0.717) is 6.42 Å². The number of benzene rings is 2. The highest BCUT2D eigenvalue weighted by Gasteiger charge is 2.41. The molecule has 5 heteroatoms. The van der Waals surface area contributed by atoms with E-state index in [1.165, 1.54) is 24.3 Å². The van der Waals surface area contributed by atoms with E-state index in [4.69, 9.17) is 4.74 Å². The number of ether oxygens (including phenoxy) is 1. The molecular formula is C29H28F2O3. The Morgan fingerprint density at radius 3 is 2.18 bits per heavy atom. The van der Waals surface area contributed by atoms with E-state index in [1.807, 2.05) is 18.2 Å². The molecule has 2 fully saturated rings. The maximum atomic E-state index is 13.7. The van der Waals surface area contributed by atoms with Gasteiger partial charge >= 0.3 is 5.97 Å². The summed E-state index contributed by atoms with van der Waals surface area (Å²) in [5.41, 5.74) is 5.09. The number of allylic oxidation sites excluding steroid dienone is 5. The summed E-state index contributed by atoms with van der Waals surface area (Å²) in [6.07, 6.45) is 10.4. The first-order valence-electron chi connectivity index (χ1n) is 11.9. The molecule has 5 rings (SSSR count). The van der Waals surface area contributed by atoms with E-state index in [1.54, 1.807) is 12.1 Å². The van der Waals surface area contributed by atoms with Crippen molar-refractivity contribution in [3.05, 3.63) is 95.1 Å². The van der Waals surface area contributed by atoms with Gasteiger partial charge in [0, 0.05) is 6.42 Å². The molecule has 1 aliphatic heterocycles. The topological polar surface area (TPSA) is 46.5 Å². The Labute approximate surface area is 198 Å². The van der Waals surface area contributed by atoms with Crippen molar-refractivity contribution in [2.45, 2.75) is 57.2 Å². The number of carbonyl (C=O) groups excluding carboxylic acids is 1. The van der Waals surface area contributed by atoms with Gasteiger partial charge in [0.2, 0.25) is 0 Å². The first-order valence-corrected chi connectivity index (χ1v) is 11.9. The van der Waals surface area contributed by atoms with Gasteiger partial charge < -0.3 is 9.84 Å². The lowest BCUT2D eigenvalue weighted by molar-refractivity contribution is -0.156. The van der Waals surface area contributed by atoms with Gasteiger partial charge in [0.05, 0.1) is 12.5 Å². The molecule has 2 aliphatic carbocycles. The number of hydrogen-bond acceptors (Lipinski definition) is 3. The van der Waals surface area contributed by atoms with Crippen LogP contribution in [-0.4, -0.2) is 23.3 Å². The fraction of sp³-hybridized carbons (Fsp3) is 0.345. The zero-order valence-corrected chi connectivity index (χ0v) is 19.0. The van der Waals surface area contributed by atoms with Crippen molar-refractivity contribution in [3.8, 4) is 0 Å². The van der Waals surface area contributed by atoms with Crippen LogP contribution in [0.3, 0.4) is 0 Å². The Bertz CT molecular complexity index is 1150. The van der Waals surface area contributed by atoms with E-state index in [2.05, 4.69) is 12.2 Å². The van der Waals surface area contributed by atoms with Gasteiger partial charge in [-0.3, -0.25) is 4.79 Å². The molecule has 3 nitrogen and oxygen atoms in total. The molecule has 0 radical (unpaired) electrons. The predicted octanol–water partition coefficient (Wildman–Crippen LogP) is 6.39. The summed E-state index contributed by atoms with van der Waals surface area (Å²) in [6.45, 7) is 0. The largest absolute Gasteiger partial charge is 0.458 e. The summed E-state index contributed by atoms with van der Waals surface area (Å²) >= 11 is 0. The summed E-state index contributed by atoms with van der Waals surface area (Å²) in [6, 6.07) is 13.1. The lowest BCUT2D eigenvalue weighted by atomic mass is 9.66. The molecule has 0 bridgehead atoms. The standard InChI is InChI=1S/C29H28F2O3/c30-22-7-3-19(4-8-22)21-15-26(20-5-9-23(31)10-6-20)27(29(18-21)13-1-2-14-29)12-11-25-16-24(32)17-28(33)34-25/h3-12,15,24-25,32H,1-2,13-14,16-18H2/b12-11+/t24-,25-/m0/s1. The van der Waals surface area contributed by atoms with Crippen molar-refractivity contribution in [2.75, 3.05) is 0 Å². The zero-order valence-electron chi connectivity index (χ0n) is 19.0. The Kier molecular flexibility index (Phi) is 6.22. The molecule has 3 aliphatic rings. The zero-order chi connectivity index (χ0) is 23.7. The van der Waals surface area contributed by atoms with Crippen LogP contribution in [0, 0.1) is 17.0 Å². The fourth-order valence-electron chi connectivity index (χ4n) is 5.66. The first-order chi connectivity index (χ1) is 16.4. The minimum Gasteiger partial charge on any atom is -0.458 e. The summed E-state index contributed by atoms with van der Waals surface area (Å²) in [5.74, 6) is -0.949. The number of aliphatic hydroxyl groups is 1. The number of halogens is 2. The fourth-order valence-corrected chi connectivity index (χ4v) is 5.66. The molecule has 34 heavy (non-hydrogen) atoms. The highest BCUT2D eigenvalue weighted by molar-refractivity contribution is 5.90. The second-order valence-corrected chi connectivity index (χ2v) is 9.66. The molecule has 1 heterocycles. The third-order valence-electron chi connectivity index (χ3n) is 7.31. The van der Waals surface area contributed by atoms with Crippen LogP contribution in [0.4, 0.5) is 8.78 Å². The maximum Gasteiger partial charge on any atom is 0.309 e. The Balaban J connectivity index is 1.63. The molecule has 1 saturated heterocycles. The van der Waals surface area contributed by atoms with Crippen LogP contribution in [0.25, 0.3) is 11.1 Å². The number of carbonyl (C=O) groups is 1. The van der Waals surface area contributed by atoms with Crippen LogP contribution in [0.5, 0.6) is 0 Å². The summed E-state index contributed by atoms with van der Waals surface area (Å²) in [4.78, 5) is 11.8. The van der Waals surface area contributed by atoms with E-state index in [0.717, 1.165) is 60.0 Å². The highest BCUT2D eigenvalue weighted by Crippen LogP contribution is 2.55. The van der Waals surface area contributed by atoms with Crippen LogP contribution in [-0.2, 0) is 9.53 Å². The van der Waals surface area contributed by atoms with Crippen LogP contribution < -0.4 is 0 Å². The molecule has 2 atom stereocenters. The number of hydrogen-bond donors (Lipinski definition) is 1. The molecule has 1 spiro atoms. The van der Waals surface area contributed by atoms with E-state index in [-0.39, 0.29) is 29.4 Å². The van der Waals surface area contributed by atoms with E-state index in [9.17, 15) is 18.7 Å². The normalized spacial score (nSPS) is 24.6. The Hall–Kier alpha value is -3.05. The average molecular weight is 463 g/mol. The van der Waals surface area contributed by atoms with Gasteiger partial charge in [0.25, 0.3) is 0 Å². The van der Waals surface area contributed by atoms with E-state index >= 15 is 0 Å². The van der Waals surface area contributed by atoms with Crippen molar-refractivity contribution in [3.63, 3.8) is 0 Å². The third kappa shape index (κ3) is 4.62. The average Bonchev–Trinajstić information content (AvgIpc) is 3.27. The third-order valence-corrected chi connectivity index (χ3v) is 7.31. The molecule has 2 aromatic rings. The van der Waals surface area contributed by atoms with Crippen molar-refractivity contribution in [1.82, 2.24) is 0 Å². The van der Waals surface area contributed by atoms with Crippen molar-refractivity contribution < 1.29 is 23.4 Å². The minimum absolute atomic E-state index is 0.0293. The molecule has 0 unspecified atom stereocenters. The van der Waals surface area contributed by atoms with Crippen LogP contribution in [0.15, 0.2) is 72.3 Å². The van der Waals surface area contributed by atoms with Crippen LogP contribution in [0.2, 0.25) is 0 Å². The monoisotopic (exact) mass is 462 g/mol. The molecule has 1 saturated carbocycles. The second kappa shape index (κ2) is 9.30. The molecular weight excluding hydrogens is 434 g/mol. The molecule has 2 aromatic carbocycles. The van der Waals surface area contributed by atoms with Crippen LogP contribution in [0.1, 0.15) is 56.1 Å². The second-order valence-electron chi connectivity index (χ2n) is 9.66. The van der Waals surface area contributed by atoms with Gasteiger partial charge in [-0.2, -0.15) is 0 Å². The maximum absolute atomic E-state index is 13.7. The summed E-state index contributed by atoms with van der Waals surface area (Å²) in [7, 11) is 0. The van der Waals surface area contributed by atoms with Gasteiger partial charge in [-0.1, -0.05) is 49.3 Å². The molecule has 1 N–H and O–H groups in total. The SMILES string of the molecule is O=C1C[C@@H](O)C[C@H](/C=C/C2=C(c3ccc(F)cc3)C=C(c3ccc(F)cc3)CC23CCCC3)O1. The quantitative estimate of drug-likeness (QED) is 0.536. The van der Waals surface area contributed by atoms with Gasteiger partial charge in [0.1, 0.15) is 17.7 Å². The predicted molar refractivity (Wildman–Crippen MR) is 127 cm³/mol. The highest BCUT2D eigenvalue weighted by atomic mass is 19.1. The Morgan fingerprint density at radius 1 is 0.941 bits per heavy atom.